The van der Waals surface area contributed by atoms with E-state index >= 15 is 0 Å². The minimum Gasteiger partial charge on any atom is -0.497 e. The molecule has 1 aromatic heterocycles. The van der Waals surface area contributed by atoms with Gasteiger partial charge in [-0.2, -0.15) is 0 Å². The Bertz CT molecular complexity index is 1200. The zero-order valence-electron chi connectivity index (χ0n) is 23.4. The fraction of sp³-hybridized carbons (Fsp3) is 0.533. The quantitative estimate of drug-likeness (QED) is 0.472. The maximum Gasteiger partial charge on any atom is 0.322 e. The summed E-state index contributed by atoms with van der Waals surface area (Å²) in [7, 11) is 3.16. The molecule has 1 aliphatic heterocycles. The minimum absolute atomic E-state index is 0.0633. The highest BCUT2D eigenvalue weighted by atomic mass is 16.5. The number of benzene rings is 1. The van der Waals surface area contributed by atoms with Crippen LogP contribution < -0.4 is 14.8 Å². The molecule has 1 saturated heterocycles. The summed E-state index contributed by atoms with van der Waals surface area (Å²) in [6.07, 6.45) is 6.25. The van der Waals surface area contributed by atoms with Crippen molar-refractivity contribution in [2.75, 3.05) is 65.3 Å². The normalized spacial score (nSPS) is 21.9. The number of carbonyl (C=O) groups is 2. The van der Waals surface area contributed by atoms with Gasteiger partial charge in [-0.15, -0.1) is 0 Å². The molecule has 9 nitrogen and oxygen atoms in total. The van der Waals surface area contributed by atoms with Crippen molar-refractivity contribution >= 4 is 17.6 Å². The first-order chi connectivity index (χ1) is 18.8. The van der Waals surface area contributed by atoms with E-state index in [2.05, 4.69) is 30.1 Å². The van der Waals surface area contributed by atoms with Crippen LogP contribution in [0.2, 0.25) is 0 Å². The highest BCUT2D eigenvalue weighted by molar-refractivity contribution is 5.92. The number of amides is 3. The van der Waals surface area contributed by atoms with Crippen molar-refractivity contribution in [3.8, 4) is 11.5 Å². The van der Waals surface area contributed by atoms with Crippen molar-refractivity contribution in [1.29, 1.82) is 0 Å². The zero-order chi connectivity index (χ0) is 27.6. The lowest BCUT2D eigenvalue weighted by Crippen LogP contribution is -2.52. The van der Waals surface area contributed by atoms with Crippen LogP contribution in [0.1, 0.15) is 37.2 Å². The van der Waals surface area contributed by atoms with Gasteiger partial charge in [0.05, 0.1) is 26.2 Å². The molecule has 1 aromatic carbocycles. The number of anilines is 1. The van der Waals surface area contributed by atoms with Gasteiger partial charge in [0.2, 0.25) is 0 Å². The fourth-order valence-corrected chi connectivity index (χ4v) is 6.22. The number of rotatable bonds is 9. The molecular formula is C30H40N4O5. The number of nitrogens with one attached hydrogen (secondary N) is 1. The average Bonchev–Trinajstić information content (AvgIpc) is 3.50. The summed E-state index contributed by atoms with van der Waals surface area (Å²) >= 11 is 0. The number of ether oxygens (including phenoxy) is 2. The molecular weight excluding hydrogens is 496 g/mol. The predicted octanol–water partition coefficient (Wildman–Crippen LogP) is 4.58. The van der Waals surface area contributed by atoms with Crippen LogP contribution in [-0.2, 0) is 0 Å². The number of furan rings is 1. The number of hydrogen-bond acceptors (Lipinski definition) is 6. The van der Waals surface area contributed by atoms with Crippen LogP contribution in [0.5, 0.6) is 11.5 Å². The molecule has 9 heteroatoms. The molecule has 3 amide bonds. The molecule has 1 N–H and O–H groups in total. The monoisotopic (exact) mass is 536 g/mol. The van der Waals surface area contributed by atoms with E-state index in [1.807, 2.05) is 9.80 Å². The van der Waals surface area contributed by atoms with Gasteiger partial charge in [-0.25, -0.2) is 4.79 Å². The smallest absolute Gasteiger partial charge is 0.322 e. The van der Waals surface area contributed by atoms with Crippen molar-refractivity contribution in [3.63, 3.8) is 0 Å². The second-order valence-electron chi connectivity index (χ2n) is 11.4. The van der Waals surface area contributed by atoms with E-state index in [9.17, 15) is 9.59 Å². The Morgan fingerprint density at radius 3 is 2.56 bits per heavy atom. The molecule has 0 radical (unpaired) electrons. The van der Waals surface area contributed by atoms with Gasteiger partial charge in [0.25, 0.3) is 5.91 Å². The lowest BCUT2D eigenvalue weighted by molar-refractivity contribution is -0.0106. The second-order valence-corrected chi connectivity index (χ2v) is 11.4. The molecule has 2 fully saturated rings. The molecule has 39 heavy (non-hydrogen) atoms. The first kappa shape index (κ1) is 27.1. The highest BCUT2D eigenvalue weighted by Crippen LogP contribution is 2.59. The summed E-state index contributed by atoms with van der Waals surface area (Å²) in [5.41, 5.74) is 2.31. The lowest BCUT2D eigenvalue weighted by Gasteiger charge is -2.57. The van der Waals surface area contributed by atoms with Crippen LogP contribution in [0.25, 0.3) is 0 Å². The van der Waals surface area contributed by atoms with Crippen LogP contribution in [0.15, 0.2) is 52.7 Å². The number of fused-ring (bicyclic) bond motifs is 1. The van der Waals surface area contributed by atoms with Gasteiger partial charge >= 0.3 is 6.03 Å². The molecule has 2 unspecified atom stereocenters. The van der Waals surface area contributed by atoms with Gasteiger partial charge in [0, 0.05) is 51.9 Å². The number of hydrogen-bond donors (Lipinski definition) is 1. The molecule has 0 spiro atoms. The van der Waals surface area contributed by atoms with Gasteiger partial charge in [0.15, 0.2) is 5.76 Å². The molecule has 2 heterocycles. The van der Waals surface area contributed by atoms with Crippen molar-refractivity contribution < 1.29 is 23.5 Å². The van der Waals surface area contributed by atoms with Gasteiger partial charge in [-0.1, -0.05) is 25.5 Å². The van der Waals surface area contributed by atoms with Gasteiger partial charge < -0.3 is 29.0 Å². The van der Waals surface area contributed by atoms with Crippen molar-refractivity contribution in [2.24, 2.45) is 17.3 Å². The van der Waals surface area contributed by atoms with Crippen LogP contribution in [0.4, 0.5) is 10.5 Å². The van der Waals surface area contributed by atoms with Crippen LogP contribution in [0.3, 0.4) is 0 Å². The topological polar surface area (TPSA) is 87.5 Å². The zero-order valence-corrected chi connectivity index (χ0v) is 23.4. The largest absolute Gasteiger partial charge is 0.497 e. The SMILES string of the molecule is COc1ccc(NC(=O)N2CCN(CCN(CC3=CCC4CC3C4(C)C)C(=O)c3ccco3)CC2)c(OC)c1. The summed E-state index contributed by atoms with van der Waals surface area (Å²) in [6, 6.07) is 8.66. The summed E-state index contributed by atoms with van der Waals surface area (Å²) in [5, 5.41) is 2.96. The third-order valence-electron chi connectivity index (χ3n) is 8.97. The molecule has 4 aliphatic rings. The number of carbonyl (C=O) groups excluding carboxylic acids is 2. The lowest BCUT2D eigenvalue weighted by atomic mass is 9.49. The molecule has 6 rings (SSSR count). The van der Waals surface area contributed by atoms with Crippen LogP contribution in [-0.4, -0.2) is 86.7 Å². The number of nitrogens with zero attached hydrogens (tertiary/aromatic N) is 3. The number of methoxy groups -OCH3 is 2. The highest BCUT2D eigenvalue weighted by Gasteiger charge is 2.51. The maximum atomic E-state index is 13.3. The summed E-state index contributed by atoms with van der Waals surface area (Å²) in [6.45, 7) is 9.44. The maximum absolute atomic E-state index is 13.3. The Labute approximate surface area is 230 Å². The Morgan fingerprint density at radius 1 is 1.13 bits per heavy atom. The molecule has 210 valence electrons. The first-order valence-corrected chi connectivity index (χ1v) is 13.8. The average molecular weight is 537 g/mol. The van der Waals surface area contributed by atoms with E-state index in [0.717, 1.165) is 32.0 Å². The van der Waals surface area contributed by atoms with Gasteiger partial charge in [0.1, 0.15) is 11.5 Å². The Morgan fingerprint density at radius 2 is 1.92 bits per heavy atom. The van der Waals surface area contributed by atoms with E-state index in [4.69, 9.17) is 13.9 Å². The number of allylic oxidation sites excluding steroid dienone is 1. The van der Waals surface area contributed by atoms with Crippen LogP contribution in [0, 0.1) is 17.3 Å². The van der Waals surface area contributed by atoms with Crippen molar-refractivity contribution in [1.82, 2.24) is 14.7 Å². The van der Waals surface area contributed by atoms with Gasteiger partial charge in [-0.05, 0) is 54.4 Å². The second kappa shape index (κ2) is 11.3. The summed E-state index contributed by atoms with van der Waals surface area (Å²) < 4.78 is 16.1. The molecule has 1 saturated carbocycles. The van der Waals surface area contributed by atoms with Crippen molar-refractivity contribution in [2.45, 2.75) is 26.7 Å². The molecule has 2 atom stereocenters. The first-order valence-electron chi connectivity index (χ1n) is 13.8. The Kier molecular flexibility index (Phi) is 7.88. The summed E-state index contributed by atoms with van der Waals surface area (Å²) in [4.78, 5) is 32.4. The Hall–Kier alpha value is -3.46. The molecule has 3 aliphatic carbocycles. The number of piperazine rings is 1. The standard InChI is InChI=1S/C30H40N4O5/c1-30(2)22-8-7-21(24(30)18-22)20-34(28(35)26-6-5-17-39-26)16-13-32-11-14-33(15-12-32)29(36)31-25-10-9-23(37-3)19-27(25)38-4/h5-7,9-10,17,19,22,24H,8,11-16,18,20H2,1-4H3,(H,31,36). The van der Waals surface area contributed by atoms with E-state index in [0.29, 0.717) is 60.5 Å². The predicted molar refractivity (Wildman–Crippen MR) is 149 cm³/mol. The van der Waals surface area contributed by atoms with E-state index in [1.165, 1.54) is 12.0 Å². The van der Waals surface area contributed by atoms with Crippen molar-refractivity contribution in [3.05, 3.63) is 54.0 Å². The minimum atomic E-state index is -0.154. The Balaban J connectivity index is 1.16. The third-order valence-corrected chi connectivity index (χ3v) is 8.97. The van der Waals surface area contributed by atoms with E-state index in [-0.39, 0.29) is 11.9 Å². The number of urea groups is 1. The molecule has 2 bridgehead atoms. The van der Waals surface area contributed by atoms with Gasteiger partial charge in [-0.3, -0.25) is 9.69 Å². The third kappa shape index (κ3) is 5.64. The fourth-order valence-electron chi connectivity index (χ4n) is 6.22. The van der Waals surface area contributed by atoms with E-state index < -0.39 is 0 Å². The van der Waals surface area contributed by atoms with E-state index in [1.54, 1.807) is 50.8 Å². The molecule has 2 aromatic rings. The van der Waals surface area contributed by atoms with Crippen LogP contribution >= 0.6 is 0 Å². The summed E-state index contributed by atoms with van der Waals surface area (Å²) in [5.74, 6) is 2.85.